The standard InChI is InChI=1S/C17H21ClN4O5S/c1-3-28-16-20-14(24)22(15-19-12(9-27-15)13(23)26-2)17(25)21(16)8-10-4-6-11(18)7-5-10/h4-7,9,14,16-17,20,24-25H,3,8H2,1-2H3. The van der Waals surface area contributed by atoms with Crippen LogP contribution in [0.25, 0.3) is 0 Å². The maximum atomic E-state index is 11.6. The molecule has 2 aromatic rings. The fourth-order valence-electron chi connectivity index (χ4n) is 2.76. The minimum atomic E-state index is -1.27. The predicted molar refractivity (Wildman–Crippen MR) is 104 cm³/mol. The summed E-state index contributed by atoms with van der Waals surface area (Å²) in [6.45, 7) is 2.35. The lowest BCUT2D eigenvalue weighted by Crippen LogP contribution is -2.69. The second-order valence-electron chi connectivity index (χ2n) is 5.91. The van der Waals surface area contributed by atoms with E-state index < -0.39 is 18.7 Å². The Hall–Kier alpha value is -1.82. The minimum Gasteiger partial charge on any atom is -0.464 e. The van der Waals surface area contributed by atoms with E-state index in [1.807, 2.05) is 19.1 Å². The van der Waals surface area contributed by atoms with Gasteiger partial charge in [0, 0.05) is 11.6 Å². The Kier molecular flexibility index (Phi) is 6.81. The Morgan fingerprint density at radius 2 is 2.11 bits per heavy atom. The van der Waals surface area contributed by atoms with Crippen molar-refractivity contribution in [1.29, 1.82) is 0 Å². The molecule has 0 radical (unpaired) electrons. The fraction of sp³-hybridized carbons (Fsp3) is 0.412. The van der Waals surface area contributed by atoms with E-state index >= 15 is 0 Å². The monoisotopic (exact) mass is 428 g/mol. The van der Waals surface area contributed by atoms with Crippen LogP contribution in [0.3, 0.4) is 0 Å². The largest absolute Gasteiger partial charge is 0.464 e. The van der Waals surface area contributed by atoms with Gasteiger partial charge in [-0.05, 0) is 23.4 Å². The van der Waals surface area contributed by atoms with Crippen molar-refractivity contribution in [1.82, 2.24) is 15.2 Å². The van der Waals surface area contributed by atoms with Crippen LogP contribution in [0.4, 0.5) is 6.01 Å². The smallest absolute Gasteiger partial charge is 0.360 e. The lowest BCUT2D eigenvalue weighted by atomic mass is 10.2. The molecule has 2 heterocycles. The number of carbonyl (C=O) groups excluding carboxylic acids is 1. The summed E-state index contributed by atoms with van der Waals surface area (Å²) < 4.78 is 9.88. The van der Waals surface area contributed by atoms with Crippen molar-refractivity contribution >= 4 is 35.3 Å². The molecule has 152 valence electrons. The number of methoxy groups -OCH3 is 1. The van der Waals surface area contributed by atoms with Gasteiger partial charge in [-0.1, -0.05) is 30.7 Å². The zero-order valence-electron chi connectivity index (χ0n) is 15.3. The van der Waals surface area contributed by atoms with Crippen LogP contribution >= 0.6 is 23.4 Å². The highest BCUT2D eigenvalue weighted by Gasteiger charge is 2.42. The van der Waals surface area contributed by atoms with Crippen molar-refractivity contribution in [2.24, 2.45) is 0 Å². The van der Waals surface area contributed by atoms with E-state index in [1.165, 1.54) is 18.9 Å². The summed E-state index contributed by atoms with van der Waals surface area (Å²) in [5, 5.41) is 25.1. The molecule has 1 fully saturated rings. The Labute approximate surface area is 171 Å². The number of oxazole rings is 1. The molecule has 0 aliphatic carbocycles. The van der Waals surface area contributed by atoms with Crippen LogP contribution in [0.5, 0.6) is 0 Å². The number of nitrogens with zero attached hydrogens (tertiary/aromatic N) is 3. The number of ether oxygens (including phenoxy) is 1. The molecule has 1 saturated heterocycles. The van der Waals surface area contributed by atoms with Crippen LogP contribution in [0.15, 0.2) is 34.9 Å². The van der Waals surface area contributed by atoms with Crippen molar-refractivity contribution < 1.29 is 24.2 Å². The number of esters is 1. The molecule has 1 aliphatic heterocycles. The highest BCUT2D eigenvalue weighted by molar-refractivity contribution is 7.99. The normalized spacial score (nSPS) is 23.0. The fourth-order valence-corrected chi connectivity index (χ4v) is 3.80. The van der Waals surface area contributed by atoms with Gasteiger partial charge in [0.2, 0.25) is 0 Å². The van der Waals surface area contributed by atoms with Crippen molar-refractivity contribution in [2.75, 3.05) is 17.8 Å². The van der Waals surface area contributed by atoms with Gasteiger partial charge >= 0.3 is 12.0 Å². The van der Waals surface area contributed by atoms with Crippen molar-refractivity contribution in [2.45, 2.75) is 31.7 Å². The van der Waals surface area contributed by atoms with E-state index in [0.717, 1.165) is 22.5 Å². The summed E-state index contributed by atoms with van der Waals surface area (Å²) in [6.07, 6.45) is -1.43. The molecule has 3 atom stereocenters. The van der Waals surface area contributed by atoms with Crippen molar-refractivity contribution in [3.63, 3.8) is 0 Å². The van der Waals surface area contributed by atoms with Gasteiger partial charge in [-0.25, -0.2) is 19.9 Å². The molecule has 3 N–H and O–H groups in total. The number of carbonyl (C=O) groups is 1. The second kappa shape index (κ2) is 9.12. The van der Waals surface area contributed by atoms with Gasteiger partial charge in [-0.3, -0.25) is 0 Å². The van der Waals surface area contributed by atoms with Gasteiger partial charge in [-0.15, -0.1) is 11.8 Å². The SMILES string of the molecule is CCSC1NC(O)N(c2nc(C(=O)OC)co2)C(O)N1Cc1ccc(Cl)cc1. The van der Waals surface area contributed by atoms with Gasteiger partial charge in [0.05, 0.1) is 7.11 Å². The number of aromatic nitrogens is 1. The highest BCUT2D eigenvalue weighted by atomic mass is 35.5. The number of aliphatic hydroxyl groups is 2. The van der Waals surface area contributed by atoms with Crippen LogP contribution in [0.2, 0.25) is 5.02 Å². The van der Waals surface area contributed by atoms with Crippen molar-refractivity contribution in [3.05, 3.63) is 46.8 Å². The Balaban J connectivity index is 1.86. The quantitative estimate of drug-likeness (QED) is 0.586. The van der Waals surface area contributed by atoms with Gasteiger partial charge in [-0.2, -0.15) is 4.98 Å². The molecule has 28 heavy (non-hydrogen) atoms. The summed E-state index contributed by atoms with van der Waals surface area (Å²) in [5.74, 6) is 0.0843. The molecule has 9 nitrogen and oxygen atoms in total. The first-order chi connectivity index (χ1) is 13.4. The summed E-state index contributed by atoms with van der Waals surface area (Å²) in [6, 6.07) is 7.14. The van der Waals surface area contributed by atoms with Gasteiger partial charge in [0.1, 0.15) is 11.8 Å². The third-order valence-corrected chi connectivity index (χ3v) is 5.42. The Morgan fingerprint density at radius 3 is 2.75 bits per heavy atom. The van der Waals surface area contributed by atoms with Crippen LogP contribution in [-0.2, 0) is 11.3 Å². The van der Waals surface area contributed by atoms with E-state index in [0.29, 0.717) is 11.6 Å². The summed E-state index contributed by atoms with van der Waals surface area (Å²) in [7, 11) is 1.23. The number of anilines is 1. The highest BCUT2D eigenvalue weighted by Crippen LogP contribution is 2.29. The van der Waals surface area contributed by atoms with Crippen LogP contribution in [-0.4, -0.2) is 57.1 Å². The van der Waals surface area contributed by atoms with E-state index in [4.69, 9.17) is 16.0 Å². The maximum Gasteiger partial charge on any atom is 0.360 e. The Bertz CT molecular complexity index is 805. The lowest BCUT2D eigenvalue weighted by Gasteiger charge is -2.47. The average Bonchev–Trinajstić information content (AvgIpc) is 3.15. The molecule has 0 spiro atoms. The molecule has 1 aromatic heterocycles. The molecule has 11 heteroatoms. The van der Waals surface area contributed by atoms with E-state index in [2.05, 4.69) is 15.0 Å². The first kappa shape index (κ1) is 20.9. The number of nitrogens with one attached hydrogen (secondary N) is 1. The van der Waals surface area contributed by atoms with Gasteiger partial charge in [0.25, 0.3) is 0 Å². The molecule has 0 amide bonds. The number of aliphatic hydroxyl groups excluding tert-OH is 2. The zero-order valence-corrected chi connectivity index (χ0v) is 16.9. The number of benzene rings is 1. The third kappa shape index (κ3) is 4.43. The molecule has 1 aromatic carbocycles. The van der Waals surface area contributed by atoms with Crippen LogP contribution in [0.1, 0.15) is 23.0 Å². The maximum absolute atomic E-state index is 11.6. The zero-order chi connectivity index (χ0) is 20.3. The molecule has 0 saturated carbocycles. The molecular weight excluding hydrogens is 408 g/mol. The average molecular weight is 429 g/mol. The number of halogens is 1. The van der Waals surface area contributed by atoms with Crippen LogP contribution < -0.4 is 10.2 Å². The van der Waals surface area contributed by atoms with Gasteiger partial charge in [0.15, 0.2) is 18.4 Å². The predicted octanol–water partition coefficient (Wildman–Crippen LogP) is 1.61. The third-order valence-electron chi connectivity index (χ3n) is 4.11. The number of rotatable bonds is 6. The second-order valence-corrected chi connectivity index (χ2v) is 7.70. The summed E-state index contributed by atoms with van der Waals surface area (Å²) in [5.41, 5.74) is 0.495. The van der Waals surface area contributed by atoms with E-state index in [9.17, 15) is 15.0 Å². The van der Waals surface area contributed by atoms with Gasteiger partial charge < -0.3 is 19.4 Å². The summed E-state index contributed by atoms with van der Waals surface area (Å²) >= 11 is 7.46. The number of hydrogen-bond donors (Lipinski definition) is 3. The topological polar surface area (TPSA) is 111 Å². The molecule has 3 unspecified atom stereocenters. The molecular formula is C17H21ClN4O5S. The molecule has 3 rings (SSSR count). The van der Waals surface area contributed by atoms with Crippen molar-refractivity contribution in [3.8, 4) is 0 Å². The first-order valence-corrected chi connectivity index (χ1v) is 9.93. The Morgan fingerprint density at radius 1 is 1.39 bits per heavy atom. The molecule has 1 aliphatic rings. The van der Waals surface area contributed by atoms with E-state index in [-0.39, 0.29) is 17.2 Å². The lowest BCUT2D eigenvalue weighted by molar-refractivity contribution is -0.0960. The molecule has 0 bridgehead atoms. The number of thioether (sulfide) groups is 1. The van der Waals surface area contributed by atoms with E-state index in [1.54, 1.807) is 17.0 Å². The van der Waals surface area contributed by atoms with Crippen LogP contribution in [0, 0.1) is 0 Å². The first-order valence-electron chi connectivity index (χ1n) is 8.50. The number of hydrogen-bond acceptors (Lipinski definition) is 10. The summed E-state index contributed by atoms with van der Waals surface area (Å²) in [4.78, 5) is 18.5. The minimum absolute atomic E-state index is 0.0637.